The van der Waals surface area contributed by atoms with E-state index in [0.29, 0.717) is 11.0 Å². The molecule has 3 heterocycles. The zero-order valence-electron chi connectivity index (χ0n) is 8.66. The molecule has 0 saturated carbocycles. The van der Waals surface area contributed by atoms with Crippen molar-refractivity contribution in [2.75, 3.05) is 0 Å². The molecule has 3 rings (SSSR count). The summed E-state index contributed by atoms with van der Waals surface area (Å²) in [6.07, 6.45) is 6.29. The minimum Gasteiger partial charge on any atom is -0.364 e. The van der Waals surface area contributed by atoms with Gasteiger partial charge in [0.25, 0.3) is 5.91 Å². The first-order valence-electron chi connectivity index (χ1n) is 4.90. The molecule has 0 atom stereocenters. The summed E-state index contributed by atoms with van der Waals surface area (Å²) in [6.45, 7) is 0. The summed E-state index contributed by atoms with van der Waals surface area (Å²) in [6, 6.07) is 1.61. The van der Waals surface area contributed by atoms with Crippen LogP contribution >= 0.6 is 0 Å². The number of hydrogen-bond donors (Lipinski definition) is 1. The maximum absolute atomic E-state index is 11.1. The molecule has 3 aromatic heterocycles. The lowest BCUT2D eigenvalue weighted by Crippen LogP contribution is -2.12. The van der Waals surface area contributed by atoms with Crippen molar-refractivity contribution in [3.63, 3.8) is 0 Å². The van der Waals surface area contributed by atoms with Crippen LogP contribution in [-0.2, 0) is 0 Å². The Hall–Kier alpha value is -2.63. The number of hydrogen-bond acceptors (Lipinski definition) is 5. The number of pyridine rings is 2. The molecule has 6 heteroatoms. The van der Waals surface area contributed by atoms with Crippen molar-refractivity contribution in [3.05, 3.63) is 36.7 Å². The Bertz CT molecular complexity index is 740. The average Bonchev–Trinajstić information content (AvgIpc) is 2.38. The predicted molar refractivity (Wildman–Crippen MR) is 61.2 cm³/mol. The van der Waals surface area contributed by atoms with Gasteiger partial charge in [0, 0.05) is 17.0 Å². The second kappa shape index (κ2) is 3.44. The van der Waals surface area contributed by atoms with Crippen molar-refractivity contribution in [3.8, 4) is 0 Å². The number of nitrogens with two attached hydrogens (primary N) is 1. The van der Waals surface area contributed by atoms with E-state index < -0.39 is 5.91 Å². The molecular weight excluding hydrogens is 218 g/mol. The van der Waals surface area contributed by atoms with Crippen molar-refractivity contribution < 1.29 is 4.79 Å². The van der Waals surface area contributed by atoms with Crippen LogP contribution in [0.5, 0.6) is 0 Å². The van der Waals surface area contributed by atoms with E-state index in [1.54, 1.807) is 18.5 Å². The standard InChI is InChI=1S/C11H7N5O/c12-11(17)8-1-6-7-2-13-5-16-10(7)4-15-9(6)3-14-8/h1-5H,(H2,12,17). The molecular formula is C11H7N5O. The molecule has 0 spiro atoms. The number of nitrogens with zero attached hydrogens (tertiary/aromatic N) is 4. The van der Waals surface area contributed by atoms with E-state index in [9.17, 15) is 4.79 Å². The Morgan fingerprint density at radius 3 is 2.59 bits per heavy atom. The summed E-state index contributed by atoms with van der Waals surface area (Å²) in [4.78, 5) is 27.3. The van der Waals surface area contributed by atoms with Crippen LogP contribution in [0.4, 0.5) is 0 Å². The molecule has 0 unspecified atom stereocenters. The van der Waals surface area contributed by atoms with Crippen molar-refractivity contribution in [2.45, 2.75) is 0 Å². The Kier molecular flexibility index (Phi) is 1.94. The highest BCUT2D eigenvalue weighted by molar-refractivity contribution is 6.05. The lowest BCUT2D eigenvalue weighted by Gasteiger charge is -2.02. The van der Waals surface area contributed by atoms with Crippen LogP contribution in [0.2, 0.25) is 0 Å². The maximum Gasteiger partial charge on any atom is 0.267 e. The van der Waals surface area contributed by atoms with Gasteiger partial charge in [-0.15, -0.1) is 0 Å². The number of carbonyl (C=O) groups excluding carboxylic acids is 1. The third-order valence-electron chi connectivity index (χ3n) is 2.49. The van der Waals surface area contributed by atoms with Crippen molar-refractivity contribution in [2.24, 2.45) is 5.73 Å². The lowest BCUT2D eigenvalue weighted by atomic mass is 10.1. The Labute approximate surface area is 95.5 Å². The van der Waals surface area contributed by atoms with Crippen molar-refractivity contribution >= 4 is 27.7 Å². The summed E-state index contributed by atoms with van der Waals surface area (Å²) in [5.74, 6) is -0.569. The normalized spacial score (nSPS) is 10.8. The first-order valence-corrected chi connectivity index (χ1v) is 4.90. The van der Waals surface area contributed by atoms with Crippen LogP contribution in [-0.4, -0.2) is 25.8 Å². The number of primary amides is 1. The average molecular weight is 225 g/mol. The molecule has 2 N–H and O–H groups in total. The Morgan fingerprint density at radius 2 is 1.76 bits per heavy atom. The lowest BCUT2D eigenvalue weighted by molar-refractivity contribution is 0.0996. The molecule has 82 valence electrons. The predicted octanol–water partition coefficient (Wildman–Crippen LogP) is 0.672. The summed E-state index contributed by atoms with van der Waals surface area (Å²) >= 11 is 0. The maximum atomic E-state index is 11.1. The molecule has 1 amide bonds. The molecule has 0 aliphatic heterocycles. The fourth-order valence-corrected chi connectivity index (χ4v) is 1.68. The fourth-order valence-electron chi connectivity index (χ4n) is 1.68. The van der Waals surface area contributed by atoms with Gasteiger partial charge >= 0.3 is 0 Å². The van der Waals surface area contributed by atoms with E-state index >= 15 is 0 Å². The van der Waals surface area contributed by atoms with Gasteiger partial charge in [0.1, 0.15) is 12.0 Å². The first kappa shape index (κ1) is 9.59. The van der Waals surface area contributed by atoms with Gasteiger partial charge in [0.15, 0.2) is 0 Å². The highest BCUT2D eigenvalue weighted by Crippen LogP contribution is 2.20. The zero-order valence-corrected chi connectivity index (χ0v) is 8.66. The van der Waals surface area contributed by atoms with Crippen LogP contribution in [0.25, 0.3) is 21.8 Å². The van der Waals surface area contributed by atoms with E-state index in [-0.39, 0.29) is 5.69 Å². The topological polar surface area (TPSA) is 94.7 Å². The zero-order chi connectivity index (χ0) is 11.8. The second-order valence-electron chi connectivity index (χ2n) is 3.53. The molecule has 0 saturated heterocycles. The smallest absolute Gasteiger partial charge is 0.267 e. The van der Waals surface area contributed by atoms with Gasteiger partial charge in [-0.3, -0.25) is 9.78 Å². The van der Waals surface area contributed by atoms with E-state index in [0.717, 1.165) is 10.8 Å². The van der Waals surface area contributed by atoms with Gasteiger partial charge in [-0.1, -0.05) is 0 Å². The van der Waals surface area contributed by atoms with Gasteiger partial charge in [-0.2, -0.15) is 0 Å². The number of rotatable bonds is 1. The summed E-state index contributed by atoms with van der Waals surface area (Å²) < 4.78 is 0. The second-order valence-corrected chi connectivity index (χ2v) is 3.53. The number of carbonyl (C=O) groups is 1. The minimum absolute atomic E-state index is 0.204. The van der Waals surface area contributed by atoms with E-state index in [4.69, 9.17) is 5.73 Å². The Morgan fingerprint density at radius 1 is 1.00 bits per heavy atom. The Balaban J connectivity index is 2.46. The van der Waals surface area contributed by atoms with Crippen LogP contribution in [0.3, 0.4) is 0 Å². The van der Waals surface area contributed by atoms with Gasteiger partial charge in [0.2, 0.25) is 0 Å². The van der Waals surface area contributed by atoms with Crippen LogP contribution in [0.1, 0.15) is 10.5 Å². The van der Waals surface area contributed by atoms with E-state index in [2.05, 4.69) is 19.9 Å². The van der Waals surface area contributed by atoms with Gasteiger partial charge in [0.05, 0.1) is 23.4 Å². The minimum atomic E-state index is -0.569. The fraction of sp³-hybridized carbons (Fsp3) is 0. The summed E-state index contributed by atoms with van der Waals surface area (Å²) in [5, 5.41) is 1.59. The van der Waals surface area contributed by atoms with Crippen molar-refractivity contribution in [1.82, 2.24) is 19.9 Å². The molecule has 3 aromatic rings. The third-order valence-corrected chi connectivity index (χ3v) is 2.49. The first-order chi connectivity index (χ1) is 8.25. The van der Waals surface area contributed by atoms with Crippen LogP contribution in [0, 0.1) is 0 Å². The van der Waals surface area contributed by atoms with Crippen molar-refractivity contribution in [1.29, 1.82) is 0 Å². The largest absolute Gasteiger partial charge is 0.364 e. The number of aromatic nitrogens is 4. The van der Waals surface area contributed by atoms with Crippen LogP contribution < -0.4 is 5.73 Å². The highest BCUT2D eigenvalue weighted by atomic mass is 16.1. The van der Waals surface area contributed by atoms with Crippen LogP contribution in [0.15, 0.2) is 31.0 Å². The van der Waals surface area contributed by atoms with E-state index in [1.807, 2.05) is 0 Å². The third kappa shape index (κ3) is 1.46. The number of fused-ring (bicyclic) bond motifs is 3. The van der Waals surface area contributed by atoms with E-state index in [1.165, 1.54) is 12.5 Å². The van der Waals surface area contributed by atoms with Gasteiger partial charge in [-0.25, -0.2) is 15.0 Å². The molecule has 0 aromatic carbocycles. The number of amides is 1. The molecule has 0 bridgehead atoms. The highest BCUT2D eigenvalue weighted by Gasteiger charge is 2.07. The summed E-state index contributed by atoms with van der Waals surface area (Å²) in [5.41, 5.74) is 6.79. The monoisotopic (exact) mass is 225 g/mol. The molecule has 0 fully saturated rings. The summed E-state index contributed by atoms with van der Waals surface area (Å²) in [7, 11) is 0. The quantitative estimate of drug-likeness (QED) is 0.614. The van der Waals surface area contributed by atoms with Gasteiger partial charge < -0.3 is 5.73 Å². The molecule has 0 aliphatic rings. The molecule has 0 aliphatic carbocycles. The SMILES string of the molecule is NC(=O)c1cc2c(cn1)ncc1ncncc12. The van der Waals surface area contributed by atoms with Gasteiger partial charge in [-0.05, 0) is 6.07 Å². The molecule has 0 radical (unpaired) electrons. The molecule has 17 heavy (non-hydrogen) atoms. The molecule has 6 nitrogen and oxygen atoms in total.